The summed E-state index contributed by atoms with van der Waals surface area (Å²) in [6.07, 6.45) is 5.52. The Bertz CT molecular complexity index is 329. The largest absolute Gasteiger partial charge is 0.392 e. The van der Waals surface area contributed by atoms with Crippen LogP contribution in [0.2, 0.25) is 0 Å². The summed E-state index contributed by atoms with van der Waals surface area (Å²) in [5, 5.41) is 9.91. The molecule has 0 spiro atoms. The molecule has 0 aliphatic heterocycles. The summed E-state index contributed by atoms with van der Waals surface area (Å²) in [5.41, 5.74) is 2.26. The van der Waals surface area contributed by atoms with E-state index in [2.05, 4.69) is 19.1 Å². The number of rotatable bonds is 3. The van der Waals surface area contributed by atoms with Crippen LogP contribution in [0.1, 0.15) is 36.8 Å². The summed E-state index contributed by atoms with van der Waals surface area (Å²) in [6.45, 7) is 2.23. The minimum Gasteiger partial charge on any atom is -0.392 e. The lowest BCUT2D eigenvalue weighted by Gasteiger charge is -2.10. The molecule has 0 atom stereocenters. The van der Waals surface area contributed by atoms with E-state index in [-0.39, 0.29) is 6.61 Å². The summed E-state index contributed by atoms with van der Waals surface area (Å²) in [5.74, 6) is 0. The van der Waals surface area contributed by atoms with Crippen LogP contribution in [0.5, 0.6) is 0 Å². The van der Waals surface area contributed by atoms with Crippen LogP contribution in [0.25, 0.3) is 0 Å². The van der Waals surface area contributed by atoms with E-state index in [0.717, 1.165) is 10.8 Å². The van der Waals surface area contributed by atoms with Crippen molar-refractivity contribution in [1.29, 1.82) is 0 Å². The van der Waals surface area contributed by atoms with Crippen LogP contribution in [0.4, 0.5) is 0 Å². The summed E-state index contributed by atoms with van der Waals surface area (Å²) in [4.78, 5) is 1.36. The van der Waals surface area contributed by atoms with Gasteiger partial charge in [-0.3, -0.25) is 0 Å². The van der Waals surface area contributed by atoms with Gasteiger partial charge >= 0.3 is 0 Å². The predicted molar refractivity (Wildman–Crippen MR) is 65.2 cm³/mol. The average molecular weight is 222 g/mol. The maximum atomic E-state index is 9.09. The van der Waals surface area contributed by atoms with Gasteiger partial charge in [-0.15, -0.1) is 11.8 Å². The van der Waals surface area contributed by atoms with Crippen molar-refractivity contribution in [3.8, 4) is 0 Å². The topological polar surface area (TPSA) is 20.2 Å². The Hall–Kier alpha value is -0.470. The number of aliphatic hydroxyl groups excluding tert-OH is 1. The van der Waals surface area contributed by atoms with Crippen LogP contribution >= 0.6 is 11.8 Å². The van der Waals surface area contributed by atoms with Crippen molar-refractivity contribution in [3.05, 3.63) is 29.3 Å². The van der Waals surface area contributed by atoms with Crippen LogP contribution in [-0.4, -0.2) is 10.4 Å². The molecule has 0 amide bonds. The Balaban J connectivity index is 2.05. The monoisotopic (exact) mass is 222 g/mol. The maximum absolute atomic E-state index is 9.09. The van der Waals surface area contributed by atoms with Crippen molar-refractivity contribution in [3.63, 3.8) is 0 Å². The molecule has 1 aromatic rings. The third-order valence-electron chi connectivity index (χ3n) is 3.09. The number of benzene rings is 1. The predicted octanol–water partition coefficient (Wildman–Crippen LogP) is 3.52. The molecule has 0 radical (unpaired) electrons. The molecule has 0 unspecified atom stereocenters. The second-order valence-corrected chi connectivity index (χ2v) is 5.64. The standard InChI is InChI=1S/C13H18OS/c1-10-8-13(7-6-11(10)9-14)15-12-4-2-3-5-12/h6-8,12,14H,2-5,9H2,1H3. The molecule has 2 rings (SSSR count). The quantitative estimate of drug-likeness (QED) is 0.844. The van der Waals surface area contributed by atoms with E-state index in [9.17, 15) is 0 Å². The average Bonchev–Trinajstić information content (AvgIpc) is 2.71. The normalized spacial score (nSPS) is 17.2. The highest BCUT2D eigenvalue weighted by Crippen LogP contribution is 2.35. The first kappa shape index (κ1) is 11.0. The SMILES string of the molecule is Cc1cc(SC2CCCC2)ccc1CO. The van der Waals surface area contributed by atoms with E-state index in [1.807, 2.05) is 17.8 Å². The minimum absolute atomic E-state index is 0.153. The van der Waals surface area contributed by atoms with Crippen LogP contribution in [0, 0.1) is 6.92 Å². The summed E-state index contributed by atoms with van der Waals surface area (Å²) < 4.78 is 0. The molecule has 1 aliphatic rings. The third kappa shape index (κ3) is 2.76. The molecule has 1 nitrogen and oxygen atoms in total. The molecule has 82 valence electrons. The van der Waals surface area contributed by atoms with Gasteiger partial charge in [0.1, 0.15) is 0 Å². The zero-order valence-electron chi connectivity index (χ0n) is 9.20. The van der Waals surface area contributed by atoms with E-state index in [0.29, 0.717) is 0 Å². The van der Waals surface area contributed by atoms with Crippen molar-refractivity contribution in [2.75, 3.05) is 0 Å². The van der Waals surface area contributed by atoms with E-state index < -0.39 is 0 Å². The Morgan fingerprint density at radius 1 is 1.33 bits per heavy atom. The fraction of sp³-hybridized carbons (Fsp3) is 0.538. The van der Waals surface area contributed by atoms with Gasteiger partial charge in [0, 0.05) is 10.1 Å². The number of aryl methyl sites for hydroxylation is 1. The van der Waals surface area contributed by atoms with Gasteiger partial charge in [0.2, 0.25) is 0 Å². The van der Waals surface area contributed by atoms with Gasteiger partial charge in [0.05, 0.1) is 6.61 Å². The molecule has 1 aliphatic carbocycles. The molecular weight excluding hydrogens is 204 g/mol. The van der Waals surface area contributed by atoms with Crippen LogP contribution < -0.4 is 0 Å². The molecule has 1 fully saturated rings. The lowest BCUT2D eigenvalue weighted by atomic mass is 10.1. The smallest absolute Gasteiger partial charge is 0.0684 e. The first-order valence-corrected chi connectivity index (χ1v) is 6.54. The van der Waals surface area contributed by atoms with Gasteiger partial charge in [-0.05, 0) is 43.0 Å². The molecule has 0 aromatic heterocycles. The molecule has 1 N–H and O–H groups in total. The summed E-state index contributed by atoms with van der Waals surface area (Å²) in [6, 6.07) is 6.39. The van der Waals surface area contributed by atoms with Gasteiger partial charge in [-0.25, -0.2) is 0 Å². The van der Waals surface area contributed by atoms with Crippen molar-refractivity contribution in [1.82, 2.24) is 0 Å². The first-order chi connectivity index (χ1) is 7.29. The molecule has 15 heavy (non-hydrogen) atoms. The lowest BCUT2D eigenvalue weighted by molar-refractivity contribution is 0.281. The van der Waals surface area contributed by atoms with Gasteiger partial charge < -0.3 is 5.11 Å². The number of hydrogen-bond acceptors (Lipinski definition) is 2. The molecule has 1 aromatic carbocycles. The number of aliphatic hydroxyl groups is 1. The zero-order valence-corrected chi connectivity index (χ0v) is 10.0. The second-order valence-electron chi connectivity index (χ2n) is 4.27. The highest BCUT2D eigenvalue weighted by atomic mass is 32.2. The zero-order chi connectivity index (χ0) is 10.7. The van der Waals surface area contributed by atoms with Crippen LogP contribution in [0.3, 0.4) is 0 Å². The van der Waals surface area contributed by atoms with E-state index in [1.54, 1.807) is 0 Å². The summed E-state index contributed by atoms with van der Waals surface area (Å²) >= 11 is 2.00. The second kappa shape index (κ2) is 5.04. The molecule has 0 bridgehead atoms. The molecular formula is C13H18OS. The Morgan fingerprint density at radius 2 is 2.07 bits per heavy atom. The van der Waals surface area contributed by atoms with Crippen LogP contribution in [-0.2, 0) is 6.61 Å². The van der Waals surface area contributed by atoms with Crippen LogP contribution in [0.15, 0.2) is 23.1 Å². The third-order valence-corrected chi connectivity index (χ3v) is 4.42. The van der Waals surface area contributed by atoms with Crippen molar-refractivity contribution in [2.45, 2.75) is 49.4 Å². The lowest BCUT2D eigenvalue weighted by Crippen LogP contribution is -1.94. The van der Waals surface area contributed by atoms with Crippen molar-refractivity contribution >= 4 is 11.8 Å². The highest BCUT2D eigenvalue weighted by Gasteiger charge is 2.16. The minimum atomic E-state index is 0.153. The highest BCUT2D eigenvalue weighted by molar-refractivity contribution is 8.00. The fourth-order valence-corrected chi connectivity index (χ4v) is 3.46. The van der Waals surface area contributed by atoms with Gasteiger partial charge in [-0.1, -0.05) is 18.9 Å². The molecule has 0 heterocycles. The van der Waals surface area contributed by atoms with Crippen molar-refractivity contribution < 1.29 is 5.11 Å². The Kier molecular flexibility index (Phi) is 3.71. The van der Waals surface area contributed by atoms with Gasteiger partial charge in [0.15, 0.2) is 0 Å². The summed E-state index contributed by atoms with van der Waals surface area (Å²) in [7, 11) is 0. The number of thioether (sulfide) groups is 1. The Labute approximate surface area is 95.9 Å². The van der Waals surface area contributed by atoms with Gasteiger partial charge in [-0.2, -0.15) is 0 Å². The Morgan fingerprint density at radius 3 is 2.67 bits per heavy atom. The van der Waals surface area contributed by atoms with Crippen molar-refractivity contribution in [2.24, 2.45) is 0 Å². The fourth-order valence-electron chi connectivity index (χ4n) is 2.12. The van der Waals surface area contributed by atoms with E-state index >= 15 is 0 Å². The molecule has 0 saturated heterocycles. The maximum Gasteiger partial charge on any atom is 0.0684 e. The molecule has 2 heteroatoms. The van der Waals surface area contributed by atoms with Gasteiger partial charge in [0.25, 0.3) is 0 Å². The molecule has 1 saturated carbocycles. The number of hydrogen-bond donors (Lipinski definition) is 1. The van der Waals surface area contributed by atoms with E-state index in [4.69, 9.17) is 5.11 Å². The van der Waals surface area contributed by atoms with E-state index in [1.165, 1.54) is 36.1 Å². The first-order valence-electron chi connectivity index (χ1n) is 5.66.